The largest absolute Gasteiger partial charge is 0.494 e. The first kappa shape index (κ1) is 18.2. The minimum atomic E-state index is -3.68. The Morgan fingerprint density at radius 2 is 1.83 bits per heavy atom. The molecule has 2 aromatic carbocycles. The van der Waals surface area contributed by atoms with E-state index in [1.807, 2.05) is 0 Å². The molecule has 5 nitrogen and oxygen atoms in total. The van der Waals surface area contributed by atoms with E-state index in [0.29, 0.717) is 6.54 Å². The standard InChI is InChI=1S/C17H20FNO4S/c1-19(13-14-8-9-17(22-2)16(18)12-14)10-11-24(20,21)23-15-6-4-3-5-7-15/h3-9,12H,10-11,13H2,1-2H3. The average Bonchev–Trinajstić information content (AvgIpc) is 2.54. The smallest absolute Gasteiger partial charge is 0.310 e. The molecule has 0 aliphatic heterocycles. The fraction of sp³-hybridized carbons (Fsp3) is 0.294. The van der Waals surface area contributed by atoms with Crippen LogP contribution in [0.2, 0.25) is 0 Å². The number of rotatable bonds is 8. The van der Waals surface area contributed by atoms with Gasteiger partial charge in [0.05, 0.1) is 12.9 Å². The monoisotopic (exact) mass is 353 g/mol. The molecule has 0 saturated heterocycles. The SMILES string of the molecule is COc1ccc(CN(C)CCS(=O)(=O)Oc2ccccc2)cc1F. The van der Waals surface area contributed by atoms with Crippen LogP contribution in [0.1, 0.15) is 5.56 Å². The van der Waals surface area contributed by atoms with Gasteiger partial charge in [0.15, 0.2) is 11.6 Å². The molecule has 0 radical (unpaired) electrons. The van der Waals surface area contributed by atoms with Gasteiger partial charge in [0.2, 0.25) is 0 Å². The number of benzene rings is 2. The average molecular weight is 353 g/mol. The number of halogens is 1. The summed E-state index contributed by atoms with van der Waals surface area (Å²) >= 11 is 0. The number of nitrogens with zero attached hydrogens (tertiary/aromatic N) is 1. The van der Waals surface area contributed by atoms with Gasteiger partial charge >= 0.3 is 10.1 Å². The van der Waals surface area contributed by atoms with E-state index in [1.54, 1.807) is 54.4 Å². The molecule has 0 aliphatic carbocycles. The molecule has 7 heteroatoms. The molecule has 0 fully saturated rings. The van der Waals surface area contributed by atoms with Crippen LogP contribution in [0.4, 0.5) is 4.39 Å². The summed E-state index contributed by atoms with van der Waals surface area (Å²) < 4.78 is 47.5. The molecular formula is C17H20FNO4S. The van der Waals surface area contributed by atoms with Crippen LogP contribution in [0, 0.1) is 5.82 Å². The zero-order valence-corrected chi connectivity index (χ0v) is 14.4. The topological polar surface area (TPSA) is 55.8 Å². The predicted molar refractivity (Wildman–Crippen MR) is 90.1 cm³/mol. The Balaban J connectivity index is 1.88. The minimum absolute atomic E-state index is 0.156. The molecule has 0 bridgehead atoms. The molecule has 0 unspecified atom stereocenters. The van der Waals surface area contributed by atoms with Crippen LogP contribution < -0.4 is 8.92 Å². The van der Waals surface area contributed by atoms with Crippen molar-refractivity contribution in [3.63, 3.8) is 0 Å². The lowest BCUT2D eigenvalue weighted by Crippen LogP contribution is -2.27. The van der Waals surface area contributed by atoms with Crippen LogP contribution in [0.15, 0.2) is 48.5 Å². The molecule has 0 spiro atoms. The highest BCUT2D eigenvalue weighted by Gasteiger charge is 2.14. The lowest BCUT2D eigenvalue weighted by Gasteiger charge is -2.17. The van der Waals surface area contributed by atoms with E-state index in [-0.39, 0.29) is 23.8 Å². The highest BCUT2D eigenvalue weighted by Crippen LogP contribution is 2.18. The molecule has 0 aromatic heterocycles. The molecule has 0 atom stereocenters. The number of hydrogen-bond acceptors (Lipinski definition) is 5. The van der Waals surface area contributed by atoms with E-state index < -0.39 is 15.9 Å². The van der Waals surface area contributed by atoms with Crippen molar-refractivity contribution >= 4 is 10.1 Å². The van der Waals surface area contributed by atoms with Crippen LogP contribution in [0.3, 0.4) is 0 Å². The summed E-state index contributed by atoms with van der Waals surface area (Å²) in [6, 6.07) is 13.0. The van der Waals surface area contributed by atoms with Gasteiger partial charge in [0.1, 0.15) is 5.75 Å². The van der Waals surface area contributed by atoms with Crippen molar-refractivity contribution in [2.45, 2.75) is 6.54 Å². The molecule has 0 heterocycles. The summed E-state index contributed by atoms with van der Waals surface area (Å²) in [5, 5.41) is 0. The van der Waals surface area contributed by atoms with Gasteiger partial charge in [-0.25, -0.2) is 4.39 Å². The van der Waals surface area contributed by atoms with E-state index in [2.05, 4.69) is 0 Å². The molecule has 0 saturated carbocycles. The van der Waals surface area contributed by atoms with Crippen LogP contribution >= 0.6 is 0 Å². The number of methoxy groups -OCH3 is 1. The van der Waals surface area contributed by atoms with E-state index in [9.17, 15) is 12.8 Å². The van der Waals surface area contributed by atoms with Crippen LogP contribution in [0.5, 0.6) is 11.5 Å². The normalized spacial score (nSPS) is 11.5. The van der Waals surface area contributed by atoms with Crippen molar-refractivity contribution in [2.24, 2.45) is 0 Å². The molecule has 130 valence electrons. The fourth-order valence-corrected chi connectivity index (χ4v) is 3.15. The fourth-order valence-electron chi connectivity index (χ4n) is 2.13. The van der Waals surface area contributed by atoms with Crippen LogP contribution in [-0.4, -0.2) is 39.8 Å². The first-order valence-electron chi connectivity index (χ1n) is 7.38. The maximum atomic E-state index is 13.7. The molecule has 24 heavy (non-hydrogen) atoms. The Morgan fingerprint density at radius 3 is 2.46 bits per heavy atom. The van der Waals surface area contributed by atoms with Gasteiger partial charge in [-0.2, -0.15) is 8.42 Å². The highest BCUT2D eigenvalue weighted by atomic mass is 32.2. The molecule has 0 amide bonds. The van der Waals surface area contributed by atoms with Crippen molar-refractivity contribution in [1.82, 2.24) is 4.90 Å². The summed E-state index contributed by atoms with van der Waals surface area (Å²) in [6.45, 7) is 0.685. The summed E-state index contributed by atoms with van der Waals surface area (Å²) in [7, 11) is -0.508. The van der Waals surface area contributed by atoms with E-state index >= 15 is 0 Å². The Kier molecular flexibility index (Phi) is 6.16. The van der Waals surface area contributed by atoms with Gasteiger partial charge in [0, 0.05) is 13.1 Å². The summed E-state index contributed by atoms with van der Waals surface area (Å²) in [6.07, 6.45) is 0. The van der Waals surface area contributed by atoms with Crippen molar-refractivity contribution in [3.05, 3.63) is 59.9 Å². The second kappa shape index (κ2) is 8.12. The van der Waals surface area contributed by atoms with Crippen LogP contribution in [0.25, 0.3) is 0 Å². The van der Waals surface area contributed by atoms with Crippen molar-refractivity contribution in [3.8, 4) is 11.5 Å². The third kappa shape index (κ3) is 5.50. The van der Waals surface area contributed by atoms with Gasteiger partial charge < -0.3 is 13.8 Å². The lowest BCUT2D eigenvalue weighted by molar-refractivity contribution is 0.340. The molecule has 0 aliphatic rings. The molecule has 2 aromatic rings. The van der Waals surface area contributed by atoms with E-state index in [0.717, 1.165) is 5.56 Å². The van der Waals surface area contributed by atoms with Gasteiger partial charge in [-0.15, -0.1) is 0 Å². The zero-order chi connectivity index (χ0) is 17.6. The first-order chi connectivity index (χ1) is 11.4. The number of para-hydroxylation sites is 1. The maximum absolute atomic E-state index is 13.7. The van der Waals surface area contributed by atoms with Gasteiger partial charge in [-0.05, 0) is 36.9 Å². The molecule has 0 N–H and O–H groups in total. The summed E-state index contributed by atoms with van der Waals surface area (Å²) in [5.74, 6) is -0.127. The van der Waals surface area contributed by atoms with E-state index in [1.165, 1.54) is 13.2 Å². The quantitative estimate of drug-likeness (QED) is 0.683. The number of ether oxygens (including phenoxy) is 1. The van der Waals surface area contributed by atoms with Crippen molar-refractivity contribution in [2.75, 3.05) is 26.5 Å². The Hall–Kier alpha value is -2.12. The van der Waals surface area contributed by atoms with Crippen molar-refractivity contribution in [1.29, 1.82) is 0 Å². The first-order valence-corrected chi connectivity index (χ1v) is 8.95. The Morgan fingerprint density at radius 1 is 1.12 bits per heavy atom. The zero-order valence-electron chi connectivity index (χ0n) is 13.6. The Labute approximate surface area is 141 Å². The minimum Gasteiger partial charge on any atom is -0.494 e. The molecular weight excluding hydrogens is 333 g/mol. The summed E-state index contributed by atoms with van der Waals surface area (Å²) in [4.78, 5) is 1.78. The Bertz CT molecular complexity index is 765. The van der Waals surface area contributed by atoms with Crippen molar-refractivity contribution < 1.29 is 21.7 Å². The predicted octanol–water partition coefficient (Wildman–Crippen LogP) is 2.67. The van der Waals surface area contributed by atoms with Gasteiger partial charge in [0.25, 0.3) is 0 Å². The van der Waals surface area contributed by atoms with Gasteiger partial charge in [-0.3, -0.25) is 0 Å². The molecule has 2 rings (SSSR count). The number of hydrogen-bond donors (Lipinski definition) is 0. The second-order valence-corrected chi connectivity index (χ2v) is 7.06. The highest BCUT2D eigenvalue weighted by molar-refractivity contribution is 7.87. The summed E-state index contributed by atoms with van der Waals surface area (Å²) in [5.41, 5.74) is 0.733. The lowest BCUT2D eigenvalue weighted by atomic mass is 10.2. The second-order valence-electron chi connectivity index (χ2n) is 5.36. The third-order valence-corrected chi connectivity index (χ3v) is 4.49. The van der Waals surface area contributed by atoms with Gasteiger partial charge in [-0.1, -0.05) is 24.3 Å². The van der Waals surface area contributed by atoms with E-state index in [4.69, 9.17) is 8.92 Å². The maximum Gasteiger partial charge on any atom is 0.310 e. The third-order valence-electron chi connectivity index (χ3n) is 3.36. The van der Waals surface area contributed by atoms with Crippen LogP contribution in [-0.2, 0) is 16.7 Å².